The molecule has 1 heterocycles. The second kappa shape index (κ2) is 10.8. The Labute approximate surface area is 206 Å². The monoisotopic (exact) mass is 477 g/mol. The standard InChI is InChI=1S/C28H32FN3O3/c1-18-8-10-23(11-9-18)31-28(33)30-19(2)27-24-16-26(35-4)25(34-3)15-21(24)12-13-32(27)17-20-6-5-7-22(29)14-20/h5-11,14-16,19,27H,12-13,17H2,1-4H3,(H2,30,31,33). The summed E-state index contributed by atoms with van der Waals surface area (Å²) in [6, 6.07) is 17.7. The van der Waals surface area contributed by atoms with Crippen molar-refractivity contribution in [2.45, 2.75) is 38.9 Å². The number of amides is 2. The van der Waals surface area contributed by atoms with Gasteiger partial charge < -0.3 is 20.1 Å². The molecule has 2 N–H and O–H groups in total. The van der Waals surface area contributed by atoms with Gasteiger partial charge in [-0.3, -0.25) is 4.90 Å². The zero-order valence-electron chi connectivity index (χ0n) is 20.6. The first-order valence-corrected chi connectivity index (χ1v) is 11.8. The number of rotatable bonds is 7. The molecule has 0 radical (unpaired) electrons. The summed E-state index contributed by atoms with van der Waals surface area (Å²) in [6.45, 7) is 5.31. The molecule has 0 fully saturated rings. The number of fused-ring (bicyclic) bond motifs is 1. The number of hydrogen-bond acceptors (Lipinski definition) is 4. The van der Waals surface area contributed by atoms with Crippen LogP contribution in [0.1, 0.15) is 35.2 Å². The maximum atomic E-state index is 13.9. The molecule has 7 heteroatoms. The van der Waals surface area contributed by atoms with Gasteiger partial charge in [-0.05, 0) is 73.4 Å². The van der Waals surface area contributed by atoms with Crippen LogP contribution in [0.5, 0.6) is 11.5 Å². The second-order valence-corrected chi connectivity index (χ2v) is 8.95. The van der Waals surface area contributed by atoms with Gasteiger partial charge in [-0.2, -0.15) is 0 Å². The van der Waals surface area contributed by atoms with Crippen LogP contribution >= 0.6 is 0 Å². The molecular weight excluding hydrogens is 445 g/mol. The number of ether oxygens (including phenoxy) is 2. The molecule has 0 saturated carbocycles. The van der Waals surface area contributed by atoms with Crippen molar-refractivity contribution in [3.05, 3.63) is 88.7 Å². The molecule has 6 nitrogen and oxygen atoms in total. The normalized spacial score (nSPS) is 16.2. The third kappa shape index (κ3) is 5.74. The van der Waals surface area contributed by atoms with Crippen LogP contribution in [-0.4, -0.2) is 37.7 Å². The number of halogens is 1. The molecule has 1 aliphatic rings. The molecule has 184 valence electrons. The fraction of sp³-hybridized carbons (Fsp3) is 0.321. The summed E-state index contributed by atoms with van der Waals surface area (Å²) in [5.74, 6) is 1.06. The molecule has 0 aliphatic carbocycles. The van der Waals surface area contributed by atoms with Crippen molar-refractivity contribution in [2.24, 2.45) is 0 Å². The predicted molar refractivity (Wildman–Crippen MR) is 136 cm³/mol. The molecule has 2 amide bonds. The van der Waals surface area contributed by atoms with Crippen LogP contribution in [0.25, 0.3) is 0 Å². The highest BCUT2D eigenvalue weighted by Gasteiger charge is 2.34. The van der Waals surface area contributed by atoms with Crippen LogP contribution in [0.2, 0.25) is 0 Å². The fourth-order valence-corrected chi connectivity index (χ4v) is 4.75. The number of methoxy groups -OCH3 is 2. The zero-order chi connectivity index (χ0) is 24.9. The Kier molecular flexibility index (Phi) is 7.56. The van der Waals surface area contributed by atoms with E-state index in [2.05, 4.69) is 15.5 Å². The van der Waals surface area contributed by atoms with E-state index in [-0.39, 0.29) is 23.9 Å². The topological polar surface area (TPSA) is 62.8 Å². The Morgan fingerprint density at radius 1 is 1.09 bits per heavy atom. The number of carbonyl (C=O) groups is 1. The predicted octanol–water partition coefficient (Wildman–Crippen LogP) is 5.46. The van der Waals surface area contributed by atoms with E-state index in [4.69, 9.17) is 9.47 Å². The fourth-order valence-electron chi connectivity index (χ4n) is 4.75. The maximum absolute atomic E-state index is 13.9. The number of nitrogens with zero attached hydrogens (tertiary/aromatic N) is 1. The lowest BCUT2D eigenvalue weighted by molar-refractivity contribution is 0.144. The lowest BCUT2D eigenvalue weighted by Crippen LogP contribution is -2.48. The van der Waals surface area contributed by atoms with Gasteiger partial charge in [-0.15, -0.1) is 0 Å². The number of anilines is 1. The molecule has 4 rings (SSSR count). The lowest BCUT2D eigenvalue weighted by Gasteiger charge is -2.41. The van der Waals surface area contributed by atoms with Gasteiger partial charge in [-0.1, -0.05) is 29.8 Å². The van der Waals surface area contributed by atoms with Gasteiger partial charge in [0, 0.05) is 24.8 Å². The Morgan fingerprint density at radius 2 is 1.80 bits per heavy atom. The summed E-state index contributed by atoms with van der Waals surface area (Å²) in [7, 11) is 3.24. The van der Waals surface area contributed by atoms with E-state index < -0.39 is 0 Å². The first kappa shape index (κ1) is 24.5. The van der Waals surface area contributed by atoms with Crippen molar-refractivity contribution in [1.82, 2.24) is 10.2 Å². The van der Waals surface area contributed by atoms with Gasteiger partial charge in [0.05, 0.1) is 20.3 Å². The number of aryl methyl sites for hydroxylation is 1. The molecule has 0 saturated heterocycles. The molecule has 1 aliphatic heterocycles. The minimum absolute atomic E-state index is 0.148. The zero-order valence-corrected chi connectivity index (χ0v) is 20.6. The summed E-state index contributed by atoms with van der Waals surface area (Å²) in [4.78, 5) is 15.1. The second-order valence-electron chi connectivity index (χ2n) is 8.95. The van der Waals surface area contributed by atoms with Crippen molar-refractivity contribution in [3.63, 3.8) is 0 Å². The smallest absolute Gasteiger partial charge is 0.319 e. The minimum atomic E-state index is -0.278. The molecule has 3 aromatic carbocycles. The minimum Gasteiger partial charge on any atom is -0.493 e. The van der Waals surface area contributed by atoms with Gasteiger partial charge in [0.25, 0.3) is 0 Å². The summed E-state index contributed by atoms with van der Waals surface area (Å²) in [5.41, 5.74) is 4.95. The number of carbonyl (C=O) groups excluding carboxylic acids is 1. The average molecular weight is 478 g/mol. The summed E-state index contributed by atoms with van der Waals surface area (Å²) < 4.78 is 25.0. The molecule has 35 heavy (non-hydrogen) atoms. The largest absolute Gasteiger partial charge is 0.493 e. The Hall–Kier alpha value is -3.58. The summed E-state index contributed by atoms with van der Waals surface area (Å²) >= 11 is 0. The summed E-state index contributed by atoms with van der Waals surface area (Å²) in [6.07, 6.45) is 0.809. The first-order valence-electron chi connectivity index (χ1n) is 11.8. The van der Waals surface area contributed by atoms with Crippen LogP contribution in [0.4, 0.5) is 14.9 Å². The van der Waals surface area contributed by atoms with Crippen LogP contribution in [0, 0.1) is 12.7 Å². The molecule has 2 atom stereocenters. The van der Waals surface area contributed by atoms with Gasteiger partial charge in [0.1, 0.15) is 5.82 Å². The summed E-state index contributed by atoms with van der Waals surface area (Å²) in [5, 5.41) is 6.02. The van der Waals surface area contributed by atoms with Gasteiger partial charge >= 0.3 is 6.03 Å². The van der Waals surface area contributed by atoms with Crippen molar-refractivity contribution in [3.8, 4) is 11.5 Å². The number of urea groups is 1. The van der Waals surface area contributed by atoms with Crippen molar-refractivity contribution >= 4 is 11.7 Å². The van der Waals surface area contributed by atoms with Gasteiger partial charge in [0.2, 0.25) is 0 Å². The molecule has 0 aromatic heterocycles. The lowest BCUT2D eigenvalue weighted by atomic mass is 9.87. The van der Waals surface area contributed by atoms with Crippen molar-refractivity contribution in [2.75, 3.05) is 26.1 Å². The Balaban J connectivity index is 1.62. The molecular formula is C28H32FN3O3. The molecule has 0 spiro atoms. The number of hydrogen-bond donors (Lipinski definition) is 2. The first-order chi connectivity index (χ1) is 16.9. The SMILES string of the molecule is COc1cc2c(cc1OC)C(C(C)NC(=O)Nc1ccc(C)cc1)N(Cc1cccc(F)c1)CC2. The van der Waals surface area contributed by atoms with Crippen LogP contribution in [-0.2, 0) is 13.0 Å². The third-order valence-electron chi connectivity index (χ3n) is 6.44. The molecule has 2 unspecified atom stereocenters. The highest BCUT2D eigenvalue weighted by Crippen LogP contribution is 2.40. The number of benzene rings is 3. The highest BCUT2D eigenvalue weighted by atomic mass is 19.1. The van der Waals surface area contributed by atoms with E-state index in [1.807, 2.05) is 56.3 Å². The molecule has 0 bridgehead atoms. The Morgan fingerprint density at radius 3 is 2.49 bits per heavy atom. The van der Waals surface area contributed by atoms with Gasteiger partial charge in [-0.25, -0.2) is 9.18 Å². The highest BCUT2D eigenvalue weighted by molar-refractivity contribution is 5.89. The van der Waals surface area contributed by atoms with Crippen molar-refractivity contribution in [1.29, 1.82) is 0 Å². The van der Waals surface area contributed by atoms with E-state index >= 15 is 0 Å². The van der Waals surface area contributed by atoms with Crippen molar-refractivity contribution < 1.29 is 18.7 Å². The molecule has 3 aromatic rings. The third-order valence-corrected chi connectivity index (χ3v) is 6.44. The van der Waals surface area contributed by atoms with Crippen LogP contribution in [0.3, 0.4) is 0 Å². The maximum Gasteiger partial charge on any atom is 0.319 e. The van der Waals surface area contributed by atoms with E-state index in [1.165, 1.54) is 6.07 Å². The van der Waals surface area contributed by atoms with Crippen LogP contribution in [0.15, 0.2) is 60.7 Å². The average Bonchev–Trinajstić information content (AvgIpc) is 2.84. The van der Waals surface area contributed by atoms with E-state index in [0.29, 0.717) is 18.0 Å². The quantitative estimate of drug-likeness (QED) is 0.474. The van der Waals surface area contributed by atoms with E-state index in [9.17, 15) is 9.18 Å². The number of nitrogens with one attached hydrogen (secondary N) is 2. The van der Waals surface area contributed by atoms with Gasteiger partial charge in [0.15, 0.2) is 11.5 Å². The van der Waals surface area contributed by atoms with E-state index in [1.54, 1.807) is 26.4 Å². The van der Waals surface area contributed by atoms with Crippen LogP contribution < -0.4 is 20.1 Å². The Bertz CT molecular complexity index is 1180. The van der Waals surface area contributed by atoms with E-state index in [0.717, 1.165) is 40.9 Å².